The Morgan fingerprint density at radius 2 is 1.82 bits per heavy atom. The van der Waals surface area contributed by atoms with Gasteiger partial charge in [0.1, 0.15) is 0 Å². The summed E-state index contributed by atoms with van der Waals surface area (Å²) < 4.78 is 4.94. The molecule has 3 rings (SSSR count). The molecule has 28 heavy (non-hydrogen) atoms. The number of rotatable bonds is 5. The number of nitrogens with one attached hydrogen (secondary N) is 1. The third kappa shape index (κ3) is 4.28. The third-order valence-corrected chi connectivity index (χ3v) is 4.65. The molecule has 0 atom stereocenters. The van der Waals surface area contributed by atoms with E-state index in [9.17, 15) is 19.7 Å². The average Bonchev–Trinajstić information content (AvgIpc) is 2.73. The lowest BCUT2D eigenvalue weighted by Crippen LogP contribution is -2.35. The molecule has 0 bridgehead atoms. The molecule has 8 nitrogen and oxygen atoms in total. The Kier molecular flexibility index (Phi) is 5.88. The van der Waals surface area contributed by atoms with Crippen molar-refractivity contribution in [1.82, 2.24) is 4.90 Å². The number of nitro benzene ring substituents is 1. The second-order valence-corrected chi connectivity index (χ2v) is 6.53. The maximum atomic E-state index is 12.6. The van der Waals surface area contributed by atoms with Crippen molar-refractivity contribution in [3.63, 3.8) is 0 Å². The largest absolute Gasteiger partial charge is 0.490 e. The van der Waals surface area contributed by atoms with Crippen molar-refractivity contribution in [3.8, 4) is 5.75 Å². The number of methoxy groups -OCH3 is 1. The second-order valence-electron chi connectivity index (χ2n) is 6.53. The van der Waals surface area contributed by atoms with Crippen LogP contribution in [-0.4, -0.2) is 41.8 Å². The van der Waals surface area contributed by atoms with E-state index >= 15 is 0 Å². The quantitative estimate of drug-likeness (QED) is 0.629. The summed E-state index contributed by atoms with van der Waals surface area (Å²) in [6.45, 7) is 1.48. The lowest BCUT2D eigenvalue weighted by molar-refractivity contribution is -0.385. The van der Waals surface area contributed by atoms with E-state index in [0.29, 0.717) is 11.3 Å². The van der Waals surface area contributed by atoms with Crippen LogP contribution in [0.25, 0.3) is 0 Å². The maximum Gasteiger partial charge on any atom is 0.311 e. The lowest BCUT2D eigenvalue weighted by atomic mass is 10.1. The van der Waals surface area contributed by atoms with Gasteiger partial charge >= 0.3 is 5.69 Å². The normalized spacial score (nSPS) is 13.7. The van der Waals surface area contributed by atoms with Crippen LogP contribution < -0.4 is 10.1 Å². The van der Waals surface area contributed by atoms with Gasteiger partial charge in [0, 0.05) is 36.0 Å². The molecule has 1 saturated heterocycles. The molecule has 2 amide bonds. The van der Waals surface area contributed by atoms with Gasteiger partial charge in [-0.1, -0.05) is 6.07 Å². The Morgan fingerprint density at radius 3 is 2.50 bits per heavy atom. The smallest absolute Gasteiger partial charge is 0.311 e. The van der Waals surface area contributed by atoms with Gasteiger partial charge in [0.15, 0.2) is 5.75 Å². The van der Waals surface area contributed by atoms with Gasteiger partial charge in [-0.2, -0.15) is 0 Å². The molecule has 1 aliphatic heterocycles. The molecule has 2 aromatic rings. The Labute approximate surface area is 162 Å². The van der Waals surface area contributed by atoms with Crippen LogP contribution in [0.4, 0.5) is 11.4 Å². The predicted octanol–water partition coefficient (Wildman–Crippen LogP) is 3.48. The van der Waals surface area contributed by atoms with Gasteiger partial charge in [-0.3, -0.25) is 19.7 Å². The monoisotopic (exact) mass is 383 g/mol. The molecule has 8 heteroatoms. The van der Waals surface area contributed by atoms with Crippen molar-refractivity contribution in [3.05, 3.63) is 63.7 Å². The summed E-state index contributed by atoms with van der Waals surface area (Å²) >= 11 is 0. The highest BCUT2D eigenvalue weighted by Crippen LogP contribution is 2.28. The molecule has 1 aliphatic rings. The lowest BCUT2D eigenvalue weighted by Gasteiger charge is -2.26. The number of likely N-dealkylation sites (tertiary alicyclic amines) is 1. The van der Waals surface area contributed by atoms with Crippen LogP contribution in [0.3, 0.4) is 0 Å². The fourth-order valence-corrected chi connectivity index (χ4v) is 3.19. The van der Waals surface area contributed by atoms with Gasteiger partial charge in [-0.15, -0.1) is 0 Å². The van der Waals surface area contributed by atoms with Crippen molar-refractivity contribution in [2.75, 3.05) is 25.5 Å². The molecule has 0 aromatic heterocycles. The Bertz CT molecular complexity index is 906. The zero-order valence-corrected chi connectivity index (χ0v) is 15.5. The van der Waals surface area contributed by atoms with Gasteiger partial charge in [-0.25, -0.2) is 0 Å². The minimum Gasteiger partial charge on any atom is -0.490 e. The number of carbonyl (C=O) groups is 2. The summed E-state index contributed by atoms with van der Waals surface area (Å²) in [4.78, 5) is 37.5. The number of piperidine rings is 1. The highest BCUT2D eigenvalue weighted by Gasteiger charge is 2.20. The predicted molar refractivity (Wildman–Crippen MR) is 104 cm³/mol. The average molecular weight is 383 g/mol. The summed E-state index contributed by atoms with van der Waals surface area (Å²) in [6, 6.07) is 10.7. The minimum atomic E-state index is -0.604. The van der Waals surface area contributed by atoms with E-state index in [2.05, 4.69) is 5.32 Å². The van der Waals surface area contributed by atoms with E-state index in [4.69, 9.17) is 4.74 Å². The maximum absolute atomic E-state index is 12.6. The first-order chi connectivity index (χ1) is 13.5. The van der Waals surface area contributed by atoms with E-state index in [-0.39, 0.29) is 22.9 Å². The van der Waals surface area contributed by atoms with Gasteiger partial charge in [0.25, 0.3) is 11.8 Å². The molecule has 0 spiro atoms. The number of ether oxygens (including phenoxy) is 1. The molecule has 1 heterocycles. The third-order valence-electron chi connectivity index (χ3n) is 4.65. The highest BCUT2D eigenvalue weighted by molar-refractivity contribution is 6.05. The standard InChI is InChI=1S/C20H21N3O5/c1-28-18-9-8-14(13-17(18)23(26)27)19(24)21-16-7-5-6-15(12-16)20(25)22-10-3-2-4-11-22/h5-9,12-13H,2-4,10-11H2,1H3,(H,21,24). The topological polar surface area (TPSA) is 102 Å². The number of hydrogen-bond acceptors (Lipinski definition) is 5. The summed E-state index contributed by atoms with van der Waals surface area (Å²) in [5.74, 6) is -0.486. The van der Waals surface area contributed by atoms with Gasteiger partial charge < -0.3 is 15.0 Å². The summed E-state index contributed by atoms with van der Waals surface area (Å²) in [7, 11) is 1.33. The number of benzene rings is 2. The van der Waals surface area contributed by atoms with Crippen molar-refractivity contribution in [2.45, 2.75) is 19.3 Å². The van der Waals surface area contributed by atoms with E-state index in [1.165, 1.54) is 19.2 Å². The number of anilines is 1. The number of nitro groups is 1. The molecule has 0 saturated carbocycles. The van der Waals surface area contributed by atoms with Crippen LogP contribution in [0.1, 0.15) is 40.0 Å². The number of carbonyl (C=O) groups excluding carboxylic acids is 2. The van der Waals surface area contributed by atoms with Crippen molar-refractivity contribution >= 4 is 23.2 Å². The molecule has 0 aliphatic carbocycles. The molecule has 0 unspecified atom stereocenters. The molecule has 1 fully saturated rings. The number of nitrogens with zero attached hydrogens (tertiary/aromatic N) is 2. The van der Waals surface area contributed by atoms with E-state index in [1.54, 1.807) is 24.3 Å². The van der Waals surface area contributed by atoms with Gasteiger partial charge in [0.05, 0.1) is 12.0 Å². The van der Waals surface area contributed by atoms with Crippen LogP contribution in [-0.2, 0) is 0 Å². The zero-order chi connectivity index (χ0) is 20.1. The SMILES string of the molecule is COc1ccc(C(=O)Nc2cccc(C(=O)N3CCCCC3)c2)cc1[N+](=O)[O-]. The number of hydrogen-bond donors (Lipinski definition) is 1. The summed E-state index contributed by atoms with van der Waals surface area (Å²) in [5, 5.41) is 13.8. The van der Waals surface area contributed by atoms with Crippen molar-refractivity contribution < 1.29 is 19.2 Å². The molecule has 0 radical (unpaired) electrons. The van der Waals surface area contributed by atoms with Gasteiger partial charge in [-0.05, 0) is 49.6 Å². The fraction of sp³-hybridized carbons (Fsp3) is 0.300. The van der Waals surface area contributed by atoms with Crippen LogP contribution in [0.15, 0.2) is 42.5 Å². The molecule has 146 valence electrons. The number of amides is 2. The Morgan fingerprint density at radius 1 is 1.07 bits per heavy atom. The highest BCUT2D eigenvalue weighted by atomic mass is 16.6. The molecular weight excluding hydrogens is 362 g/mol. The van der Waals surface area contributed by atoms with E-state index < -0.39 is 10.8 Å². The molecule has 2 aromatic carbocycles. The van der Waals surface area contributed by atoms with Crippen molar-refractivity contribution in [2.24, 2.45) is 0 Å². The van der Waals surface area contributed by atoms with E-state index in [1.807, 2.05) is 4.90 Å². The van der Waals surface area contributed by atoms with Gasteiger partial charge in [0.2, 0.25) is 0 Å². The van der Waals surface area contributed by atoms with Crippen LogP contribution >= 0.6 is 0 Å². The van der Waals surface area contributed by atoms with Crippen LogP contribution in [0, 0.1) is 10.1 Å². The second kappa shape index (κ2) is 8.51. The first kappa shape index (κ1) is 19.3. The fourth-order valence-electron chi connectivity index (χ4n) is 3.19. The van der Waals surface area contributed by atoms with E-state index in [0.717, 1.165) is 38.4 Å². The zero-order valence-electron chi connectivity index (χ0n) is 15.5. The Balaban J connectivity index is 1.76. The van der Waals surface area contributed by atoms with Crippen LogP contribution in [0.2, 0.25) is 0 Å². The minimum absolute atomic E-state index is 0.0594. The molecular formula is C20H21N3O5. The summed E-state index contributed by atoms with van der Waals surface area (Å²) in [6.07, 6.45) is 3.13. The van der Waals surface area contributed by atoms with Crippen molar-refractivity contribution in [1.29, 1.82) is 0 Å². The first-order valence-corrected chi connectivity index (χ1v) is 9.02. The summed E-state index contributed by atoms with van der Waals surface area (Å²) in [5.41, 5.74) is 0.788. The van der Waals surface area contributed by atoms with Crippen LogP contribution in [0.5, 0.6) is 5.75 Å². The molecule has 1 N–H and O–H groups in total. The first-order valence-electron chi connectivity index (χ1n) is 9.02. The Hall–Kier alpha value is -3.42.